The maximum atomic E-state index is 9.29. The third-order valence-corrected chi connectivity index (χ3v) is 2.76. The van der Waals surface area contributed by atoms with Gasteiger partial charge in [0.05, 0.1) is 6.10 Å². The summed E-state index contributed by atoms with van der Waals surface area (Å²) in [5, 5.41) is 12.8. The zero-order valence-electron chi connectivity index (χ0n) is 8.34. The summed E-state index contributed by atoms with van der Waals surface area (Å²) in [6, 6.07) is 0.640. The Bertz CT molecular complexity index is 122. The van der Waals surface area contributed by atoms with Gasteiger partial charge in [0.1, 0.15) is 0 Å². The second kappa shape index (κ2) is 6.35. The molecule has 1 saturated carbocycles. The van der Waals surface area contributed by atoms with Crippen molar-refractivity contribution in [1.82, 2.24) is 5.32 Å². The molecule has 3 heteroatoms. The molecule has 4 N–H and O–H groups in total. The first-order valence-electron chi connectivity index (χ1n) is 5.44. The fourth-order valence-electron chi connectivity index (χ4n) is 1.86. The zero-order valence-corrected chi connectivity index (χ0v) is 8.34. The normalized spacial score (nSPS) is 29.1. The first-order chi connectivity index (χ1) is 6.33. The molecule has 0 bridgehead atoms. The van der Waals surface area contributed by atoms with E-state index in [1.54, 1.807) is 0 Å². The summed E-state index contributed by atoms with van der Waals surface area (Å²) in [6.45, 7) is 1.88. The van der Waals surface area contributed by atoms with Gasteiger partial charge in [-0.2, -0.15) is 0 Å². The molecule has 1 aliphatic carbocycles. The van der Waals surface area contributed by atoms with Gasteiger partial charge in [0.25, 0.3) is 0 Å². The Labute approximate surface area is 80.7 Å². The highest BCUT2D eigenvalue weighted by atomic mass is 16.3. The van der Waals surface area contributed by atoms with Gasteiger partial charge in [-0.05, 0) is 51.6 Å². The van der Waals surface area contributed by atoms with Crippen molar-refractivity contribution in [3.05, 3.63) is 0 Å². The summed E-state index contributed by atoms with van der Waals surface area (Å²) in [5.41, 5.74) is 5.41. The lowest BCUT2D eigenvalue weighted by atomic mass is 9.93. The lowest BCUT2D eigenvalue weighted by Crippen LogP contribution is -2.35. The van der Waals surface area contributed by atoms with E-state index in [4.69, 9.17) is 5.73 Å². The predicted octanol–water partition coefficient (Wildman–Crippen LogP) is 0.618. The predicted molar refractivity (Wildman–Crippen MR) is 54.6 cm³/mol. The molecule has 3 nitrogen and oxygen atoms in total. The van der Waals surface area contributed by atoms with Crippen LogP contribution in [0.2, 0.25) is 0 Å². The Morgan fingerprint density at radius 3 is 2.46 bits per heavy atom. The zero-order chi connectivity index (χ0) is 9.52. The summed E-state index contributed by atoms with van der Waals surface area (Å²) < 4.78 is 0. The van der Waals surface area contributed by atoms with E-state index < -0.39 is 0 Å². The summed E-state index contributed by atoms with van der Waals surface area (Å²) in [5.74, 6) is 0. The SMILES string of the molecule is NCCCCNC1CCC(O)CC1. The van der Waals surface area contributed by atoms with Crippen LogP contribution >= 0.6 is 0 Å². The molecule has 0 aromatic rings. The van der Waals surface area contributed by atoms with Crippen LogP contribution in [-0.2, 0) is 0 Å². The molecule has 78 valence electrons. The van der Waals surface area contributed by atoms with Gasteiger partial charge in [-0.1, -0.05) is 0 Å². The number of hydrogen-bond acceptors (Lipinski definition) is 3. The smallest absolute Gasteiger partial charge is 0.0541 e. The fraction of sp³-hybridized carbons (Fsp3) is 1.00. The average Bonchev–Trinajstić information content (AvgIpc) is 2.15. The molecule has 0 amide bonds. The summed E-state index contributed by atoms with van der Waals surface area (Å²) in [6.07, 6.45) is 6.44. The van der Waals surface area contributed by atoms with Gasteiger partial charge in [0.15, 0.2) is 0 Å². The Hall–Kier alpha value is -0.120. The molecular weight excluding hydrogens is 164 g/mol. The molecular formula is C10H22N2O. The molecule has 0 atom stereocenters. The van der Waals surface area contributed by atoms with Crippen LogP contribution in [0.1, 0.15) is 38.5 Å². The number of aliphatic hydroxyl groups excluding tert-OH is 1. The van der Waals surface area contributed by atoms with Crippen LogP contribution in [0.25, 0.3) is 0 Å². The van der Waals surface area contributed by atoms with Crippen molar-refractivity contribution >= 4 is 0 Å². The molecule has 0 spiro atoms. The second-order valence-corrected chi connectivity index (χ2v) is 3.96. The Kier molecular flexibility index (Phi) is 5.35. The van der Waals surface area contributed by atoms with E-state index in [-0.39, 0.29) is 6.10 Å². The molecule has 0 aliphatic heterocycles. The number of hydrogen-bond donors (Lipinski definition) is 3. The van der Waals surface area contributed by atoms with E-state index in [0.29, 0.717) is 6.04 Å². The first-order valence-corrected chi connectivity index (χ1v) is 5.44. The number of nitrogens with two attached hydrogens (primary N) is 1. The summed E-state index contributed by atoms with van der Waals surface area (Å²) in [7, 11) is 0. The number of nitrogens with one attached hydrogen (secondary N) is 1. The van der Waals surface area contributed by atoms with Crippen molar-refractivity contribution in [2.24, 2.45) is 5.73 Å². The minimum Gasteiger partial charge on any atom is -0.393 e. The molecule has 0 radical (unpaired) electrons. The maximum absolute atomic E-state index is 9.29. The first kappa shape index (κ1) is 11.0. The standard InChI is InChI=1S/C10H22N2O/c11-7-1-2-8-12-9-3-5-10(13)6-4-9/h9-10,12-13H,1-8,11H2. The van der Waals surface area contributed by atoms with E-state index >= 15 is 0 Å². The van der Waals surface area contributed by atoms with Gasteiger partial charge >= 0.3 is 0 Å². The highest BCUT2D eigenvalue weighted by molar-refractivity contribution is 4.76. The largest absolute Gasteiger partial charge is 0.393 e. The van der Waals surface area contributed by atoms with Crippen molar-refractivity contribution in [2.75, 3.05) is 13.1 Å². The van der Waals surface area contributed by atoms with E-state index in [9.17, 15) is 5.11 Å². The van der Waals surface area contributed by atoms with Crippen LogP contribution in [0, 0.1) is 0 Å². The average molecular weight is 186 g/mol. The van der Waals surface area contributed by atoms with E-state index in [0.717, 1.165) is 45.2 Å². The van der Waals surface area contributed by atoms with Crippen molar-refractivity contribution in [2.45, 2.75) is 50.7 Å². The van der Waals surface area contributed by atoms with E-state index in [1.807, 2.05) is 0 Å². The van der Waals surface area contributed by atoms with Crippen LogP contribution in [-0.4, -0.2) is 30.3 Å². The van der Waals surface area contributed by atoms with Gasteiger partial charge in [-0.3, -0.25) is 0 Å². The Morgan fingerprint density at radius 1 is 1.15 bits per heavy atom. The molecule has 0 saturated heterocycles. The van der Waals surface area contributed by atoms with Crippen LogP contribution in [0.4, 0.5) is 0 Å². The van der Waals surface area contributed by atoms with E-state index in [2.05, 4.69) is 5.32 Å². The van der Waals surface area contributed by atoms with Gasteiger partial charge < -0.3 is 16.2 Å². The van der Waals surface area contributed by atoms with Crippen LogP contribution < -0.4 is 11.1 Å². The minimum absolute atomic E-state index is 0.0397. The molecule has 0 unspecified atom stereocenters. The van der Waals surface area contributed by atoms with Crippen LogP contribution in [0.15, 0.2) is 0 Å². The number of unbranched alkanes of at least 4 members (excludes halogenated alkanes) is 1. The van der Waals surface area contributed by atoms with Gasteiger partial charge in [0.2, 0.25) is 0 Å². The van der Waals surface area contributed by atoms with Gasteiger partial charge in [0, 0.05) is 6.04 Å². The lowest BCUT2D eigenvalue weighted by molar-refractivity contribution is 0.117. The number of aliphatic hydroxyl groups is 1. The lowest BCUT2D eigenvalue weighted by Gasteiger charge is -2.26. The van der Waals surface area contributed by atoms with Gasteiger partial charge in [-0.15, -0.1) is 0 Å². The molecule has 13 heavy (non-hydrogen) atoms. The third-order valence-electron chi connectivity index (χ3n) is 2.76. The topological polar surface area (TPSA) is 58.3 Å². The van der Waals surface area contributed by atoms with Crippen molar-refractivity contribution in [1.29, 1.82) is 0 Å². The molecule has 0 aromatic heterocycles. The third kappa shape index (κ3) is 4.60. The molecule has 0 aromatic carbocycles. The second-order valence-electron chi connectivity index (χ2n) is 3.96. The van der Waals surface area contributed by atoms with Crippen LogP contribution in [0.3, 0.4) is 0 Å². The quantitative estimate of drug-likeness (QED) is 0.552. The molecule has 1 fully saturated rings. The summed E-state index contributed by atoms with van der Waals surface area (Å²) >= 11 is 0. The summed E-state index contributed by atoms with van der Waals surface area (Å²) in [4.78, 5) is 0. The Balaban J connectivity index is 1.96. The molecule has 0 heterocycles. The fourth-order valence-corrected chi connectivity index (χ4v) is 1.86. The highest BCUT2D eigenvalue weighted by Crippen LogP contribution is 2.17. The monoisotopic (exact) mass is 186 g/mol. The minimum atomic E-state index is -0.0397. The van der Waals surface area contributed by atoms with Crippen molar-refractivity contribution < 1.29 is 5.11 Å². The highest BCUT2D eigenvalue weighted by Gasteiger charge is 2.17. The molecule has 1 aliphatic rings. The Morgan fingerprint density at radius 2 is 1.85 bits per heavy atom. The molecule has 1 rings (SSSR count). The number of rotatable bonds is 5. The van der Waals surface area contributed by atoms with Crippen molar-refractivity contribution in [3.63, 3.8) is 0 Å². The van der Waals surface area contributed by atoms with Crippen LogP contribution in [0.5, 0.6) is 0 Å². The van der Waals surface area contributed by atoms with Crippen molar-refractivity contribution in [3.8, 4) is 0 Å². The van der Waals surface area contributed by atoms with Gasteiger partial charge in [-0.25, -0.2) is 0 Å². The van der Waals surface area contributed by atoms with E-state index in [1.165, 1.54) is 6.42 Å². The maximum Gasteiger partial charge on any atom is 0.0541 e.